The van der Waals surface area contributed by atoms with Crippen molar-refractivity contribution in [1.29, 1.82) is 0 Å². The molecule has 0 bridgehead atoms. The third-order valence-electron chi connectivity index (χ3n) is 9.48. The van der Waals surface area contributed by atoms with Crippen LogP contribution in [-0.2, 0) is 14.4 Å². The fourth-order valence-corrected chi connectivity index (χ4v) is 9.66. The second-order valence-electron chi connectivity index (χ2n) is 12.4. The first-order chi connectivity index (χ1) is 21.1. The summed E-state index contributed by atoms with van der Waals surface area (Å²) in [6.45, 7) is 9.67. The first-order valence-electron chi connectivity index (χ1n) is 15.5. The molecule has 1 N–H and O–H groups in total. The molecule has 4 heterocycles. The van der Waals surface area contributed by atoms with Gasteiger partial charge < -0.3 is 24.5 Å². The number of carbonyl (C=O) groups is 3. The number of unbranched alkanes of at least 4 members (excludes halogenated alkanes) is 1. The van der Waals surface area contributed by atoms with Gasteiger partial charge in [0.1, 0.15) is 11.8 Å². The normalized spacial score (nSPS) is 29.4. The summed E-state index contributed by atoms with van der Waals surface area (Å²) in [6, 6.07) is 12.8. The standard InChI is InChI=1S/C35H41N3O5S/c1-5-43-26-14-12-25(13-15-26)36-19-8-16-34(4)28(31(36)40)29-32(41)38(18-6-7-21-39)30-33(42)37(20-9-17-35(29,30)44-34)27-22-23(2)10-11-24(27)3/h8-17,22,28-30,39H,5-7,18-21H2,1-4H3/t28-,29+,30?,34+,35+/m1/s1. The fourth-order valence-electron chi connectivity index (χ4n) is 7.50. The van der Waals surface area contributed by atoms with Crippen molar-refractivity contribution in [2.45, 2.75) is 56.1 Å². The molecule has 1 unspecified atom stereocenters. The van der Waals surface area contributed by atoms with E-state index in [0.29, 0.717) is 39.1 Å². The van der Waals surface area contributed by atoms with E-state index in [1.165, 1.54) is 0 Å². The zero-order chi connectivity index (χ0) is 31.2. The van der Waals surface area contributed by atoms with E-state index >= 15 is 0 Å². The molecule has 6 rings (SSSR count). The summed E-state index contributed by atoms with van der Waals surface area (Å²) >= 11 is 1.59. The molecule has 8 nitrogen and oxygen atoms in total. The Hall–Kier alpha value is -3.56. The summed E-state index contributed by atoms with van der Waals surface area (Å²) in [6.07, 6.45) is 9.26. The van der Waals surface area contributed by atoms with Crippen LogP contribution in [0.3, 0.4) is 0 Å². The molecule has 4 aliphatic rings. The zero-order valence-electron chi connectivity index (χ0n) is 25.9. The van der Waals surface area contributed by atoms with Crippen molar-refractivity contribution in [3.05, 3.63) is 77.9 Å². The number of fused-ring (bicyclic) bond motifs is 2. The first kappa shape index (κ1) is 30.5. The van der Waals surface area contributed by atoms with Crippen molar-refractivity contribution in [3.63, 3.8) is 0 Å². The number of aliphatic hydroxyl groups is 1. The number of hydrogen-bond acceptors (Lipinski definition) is 6. The van der Waals surface area contributed by atoms with E-state index in [0.717, 1.165) is 28.3 Å². The second-order valence-corrected chi connectivity index (χ2v) is 14.2. The zero-order valence-corrected chi connectivity index (χ0v) is 26.7. The number of nitrogens with zero attached hydrogens (tertiary/aromatic N) is 3. The molecule has 2 aromatic carbocycles. The predicted molar refractivity (Wildman–Crippen MR) is 174 cm³/mol. The summed E-state index contributed by atoms with van der Waals surface area (Å²) in [5.41, 5.74) is 3.62. The first-order valence-corrected chi connectivity index (χ1v) is 16.4. The Morgan fingerprint density at radius 3 is 2.36 bits per heavy atom. The molecule has 44 heavy (non-hydrogen) atoms. The van der Waals surface area contributed by atoms with Crippen molar-refractivity contribution in [1.82, 2.24) is 4.90 Å². The van der Waals surface area contributed by atoms with Gasteiger partial charge in [-0.05, 0) is 82.0 Å². The maximum absolute atomic E-state index is 14.8. The van der Waals surface area contributed by atoms with Crippen LogP contribution >= 0.6 is 11.8 Å². The summed E-state index contributed by atoms with van der Waals surface area (Å²) in [5.74, 6) is -1.05. The number of thioether (sulfide) groups is 1. The van der Waals surface area contributed by atoms with E-state index < -0.39 is 27.4 Å². The lowest BCUT2D eigenvalue weighted by atomic mass is 9.74. The van der Waals surface area contributed by atoms with Crippen molar-refractivity contribution in [2.24, 2.45) is 11.8 Å². The number of hydrogen-bond donors (Lipinski definition) is 1. The van der Waals surface area contributed by atoms with Crippen LogP contribution in [0, 0.1) is 25.7 Å². The van der Waals surface area contributed by atoms with E-state index in [-0.39, 0.29) is 24.3 Å². The average Bonchev–Trinajstić information content (AvgIpc) is 3.26. The molecule has 2 saturated heterocycles. The Bertz CT molecular complexity index is 1520. The van der Waals surface area contributed by atoms with Crippen LogP contribution in [0.2, 0.25) is 0 Å². The Kier molecular flexibility index (Phi) is 8.13. The number of benzene rings is 2. The smallest absolute Gasteiger partial charge is 0.251 e. The van der Waals surface area contributed by atoms with E-state index in [1.807, 2.05) is 82.3 Å². The number of rotatable bonds is 8. The Balaban J connectivity index is 1.43. The fraction of sp³-hybridized carbons (Fsp3) is 0.457. The molecule has 232 valence electrons. The lowest BCUT2D eigenvalue weighted by Gasteiger charge is -2.37. The van der Waals surface area contributed by atoms with Gasteiger partial charge in [-0.3, -0.25) is 14.4 Å². The molecule has 9 heteroatoms. The van der Waals surface area contributed by atoms with Crippen molar-refractivity contribution in [3.8, 4) is 5.75 Å². The van der Waals surface area contributed by atoms with E-state index in [9.17, 15) is 19.5 Å². The van der Waals surface area contributed by atoms with Gasteiger partial charge in [-0.25, -0.2) is 0 Å². The number of aliphatic hydroxyl groups excluding tert-OH is 1. The number of carbonyl (C=O) groups excluding carboxylic acids is 3. The van der Waals surface area contributed by atoms with Crippen LogP contribution < -0.4 is 14.5 Å². The SMILES string of the molecule is CCOc1ccc(N2CC=C[C@]3(C)S[C@]45C=CCN(c6cc(C)ccc6C)C(=O)C4N(CCCCO)C(=O)[C@@H]5[C@@H]3C2=O)cc1. The molecule has 0 radical (unpaired) electrons. The van der Waals surface area contributed by atoms with Crippen LogP contribution in [0.15, 0.2) is 66.8 Å². The topological polar surface area (TPSA) is 90.4 Å². The van der Waals surface area contributed by atoms with E-state index in [4.69, 9.17) is 4.74 Å². The van der Waals surface area contributed by atoms with Gasteiger partial charge in [0.15, 0.2) is 0 Å². The van der Waals surface area contributed by atoms with Gasteiger partial charge in [0.25, 0.3) is 5.91 Å². The summed E-state index contributed by atoms with van der Waals surface area (Å²) in [4.78, 5) is 49.3. The summed E-state index contributed by atoms with van der Waals surface area (Å²) in [5, 5.41) is 9.52. The van der Waals surface area contributed by atoms with Crippen molar-refractivity contribution < 1.29 is 24.2 Å². The van der Waals surface area contributed by atoms with Gasteiger partial charge in [0.05, 0.1) is 23.2 Å². The molecule has 0 aliphatic carbocycles. The minimum Gasteiger partial charge on any atom is -0.494 e. The molecule has 3 amide bonds. The molecule has 1 spiro atoms. The highest BCUT2D eigenvalue weighted by Crippen LogP contribution is 2.65. The van der Waals surface area contributed by atoms with Gasteiger partial charge >= 0.3 is 0 Å². The van der Waals surface area contributed by atoms with Gasteiger partial charge in [-0.1, -0.05) is 36.4 Å². The number of aryl methyl sites for hydroxylation is 2. The van der Waals surface area contributed by atoms with Crippen LogP contribution in [0.1, 0.15) is 37.8 Å². The van der Waals surface area contributed by atoms with Crippen LogP contribution in [0.5, 0.6) is 5.75 Å². The van der Waals surface area contributed by atoms with E-state index in [2.05, 4.69) is 12.2 Å². The van der Waals surface area contributed by atoms with Crippen LogP contribution in [0.4, 0.5) is 11.4 Å². The minimum atomic E-state index is -0.916. The second kappa shape index (κ2) is 11.7. The molecule has 5 atom stereocenters. The monoisotopic (exact) mass is 615 g/mol. The van der Waals surface area contributed by atoms with Crippen molar-refractivity contribution in [2.75, 3.05) is 42.6 Å². The highest BCUT2D eigenvalue weighted by Gasteiger charge is 2.74. The quantitative estimate of drug-likeness (QED) is 0.343. The Morgan fingerprint density at radius 1 is 0.909 bits per heavy atom. The molecule has 2 aromatic rings. The van der Waals surface area contributed by atoms with Gasteiger partial charge in [-0.2, -0.15) is 0 Å². The molecular formula is C35H41N3O5S. The minimum absolute atomic E-state index is 0.0134. The Morgan fingerprint density at radius 2 is 1.64 bits per heavy atom. The largest absolute Gasteiger partial charge is 0.494 e. The molecular weight excluding hydrogens is 574 g/mol. The van der Waals surface area contributed by atoms with E-state index in [1.54, 1.807) is 26.5 Å². The molecule has 0 saturated carbocycles. The van der Waals surface area contributed by atoms with Crippen molar-refractivity contribution >= 4 is 40.9 Å². The highest BCUT2D eigenvalue weighted by molar-refractivity contribution is 8.02. The number of anilines is 2. The maximum atomic E-state index is 14.8. The Labute approximate surface area is 263 Å². The molecule has 4 aliphatic heterocycles. The van der Waals surface area contributed by atoms with Gasteiger partial charge in [-0.15, -0.1) is 11.8 Å². The molecule has 2 fully saturated rings. The van der Waals surface area contributed by atoms with Gasteiger partial charge in [0, 0.05) is 42.4 Å². The predicted octanol–water partition coefficient (Wildman–Crippen LogP) is 4.67. The van der Waals surface area contributed by atoms with Crippen LogP contribution in [0.25, 0.3) is 0 Å². The number of likely N-dealkylation sites (tertiary alicyclic amines) is 1. The van der Waals surface area contributed by atoms with Gasteiger partial charge in [0.2, 0.25) is 11.8 Å². The van der Waals surface area contributed by atoms with Crippen LogP contribution in [-0.4, -0.2) is 76.1 Å². The third-order valence-corrected chi connectivity index (χ3v) is 11.3. The lowest BCUT2D eigenvalue weighted by Crippen LogP contribution is -2.53. The summed E-state index contributed by atoms with van der Waals surface area (Å²) < 4.78 is 4.01. The molecule has 0 aromatic heterocycles. The lowest BCUT2D eigenvalue weighted by molar-refractivity contribution is -0.139. The average molecular weight is 616 g/mol. The third kappa shape index (κ3) is 4.85. The maximum Gasteiger partial charge on any atom is 0.251 e. The summed E-state index contributed by atoms with van der Waals surface area (Å²) in [7, 11) is 0. The number of amides is 3. The number of ether oxygens (including phenoxy) is 1. The highest BCUT2D eigenvalue weighted by atomic mass is 32.2.